The minimum atomic E-state index is -0.808. The summed E-state index contributed by atoms with van der Waals surface area (Å²) >= 11 is 11.8. The maximum Gasteiger partial charge on any atom is 0.513 e. The predicted molar refractivity (Wildman–Crippen MR) is 126 cm³/mol. The largest absolute Gasteiger partial charge is 0.513 e. The number of benzene rings is 3. The Morgan fingerprint density at radius 3 is 2.27 bits per heavy atom. The minimum absolute atomic E-state index is 0.206. The van der Waals surface area contributed by atoms with Gasteiger partial charge in [0.25, 0.3) is 11.8 Å². The summed E-state index contributed by atoms with van der Waals surface area (Å²) in [5.41, 5.74) is 2.13. The molecule has 33 heavy (non-hydrogen) atoms. The van der Waals surface area contributed by atoms with E-state index in [1.54, 1.807) is 37.3 Å². The number of hydrogen-bond acceptors (Lipinski definition) is 5. The fourth-order valence-corrected chi connectivity index (χ4v) is 3.10. The summed E-state index contributed by atoms with van der Waals surface area (Å²) in [5.74, 6) is -0.368. The van der Waals surface area contributed by atoms with Crippen molar-refractivity contribution >= 4 is 46.9 Å². The molecule has 0 spiro atoms. The first kappa shape index (κ1) is 24.1. The third-order valence-corrected chi connectivity index (χ3v) is 5.14. The van der Waals surface area contributed by atoms with Crippen LogP contribution in [-0.2, 0) is 11.3 Å². The van der Waals surface area contributed by atoms with E-state index in [1.165, 1.54) is 30.3 Å². The summed E-state index contributed by atoms with van der Waals surface area (Å²) in [5, 5.41) is 6.27. The lowest BCUT2D eigenvalue weighted by atomic mass is 10.1. The second kappa shape index (κ2) is 11.4. The van der Waals surface area contributed by atoms with Crippen LogP contribution in [0.3, 0.4) is 0 Å². The van der Waals surface area contributed by atoms with E-state index in [1.807, 2.05) is 6.07 Å². The molecule has 3 aromatic rings. The van der Waals surface area contributed by atoms with Gasteiger partial charge in [0.05, 0.1) is 16.7 Å². The average Bonchev–Trinajstić information content (AvgIpc) is 2.80. The van der Waals surface area contributed by atoms with E-state index in [0.717, 1.165) is 5.56 Å². The highest BCUT2D eigenvalue weighted by molar-refractivity contribution is 6.42. The van der Waals surface area contributed by atoms with Crippen molar-refractivity contribution in [1.29, 1.82) is 0 Å². The van der Waals surface area contributed by atoms with E-state index in [0.29, 0.717) is 26.9 Å². The van der Waals surface area contributed by atoms with Crippen LogP contribution in [0.5, 0.6) is 5.75 Å². The molecule has 0 aromatic heterocycles. The van der Waals surface area contributed by atoms with Crippen molar-refractivity contribution in [3.8, 4) is 5.75 Å². The highest BCUT2D eigenvalue weighted by atomic mass is 35.5. The van der Waals surface area contributed by atoms with Gasteiger partial charge < -0.3 is 20.1 Å². The predicted octanol–water partition coefficient (Wildman–Crippen LogP) is 5.71. The normalized spacial score (nSPS) is 10.3. The molecule has 7 nitrogen and oxygen atoms in total. The number of rotatable bonds is 7. The van der Waals surface area contributed by atoms with Crippen LogP contribution >= 0.6 is 23.2 Å². The zero-order valence-electron chi connectivity index (χ0n) is 17.6. The highest BCUT2D eigenvalue weighted by Crippen LogP contribution is 2.22. The molecule has 0 saturated carbocycles. The third-order valence-electron chi connectivity index (χ3n) is 4.40. The summed E-state index contributed by atoms with van der Waals surface area (Å²) in [6.45, 7) is 2.13. The van der Waals surface area contributed by atoms with Crippen molar-refractivity contribution in [2.75, 3.05) is 11.9 Å². The summed E-state index contributed by atoms with van der Waals surface area (Å²) < 4.78 is 9.68. The molecule has 0 bridgehead atoms. The number of nitrogens with one attached hydrogen (secondary N) is 2. The Morgan fingerprint density at radius 2 is 1.58 bits per heavy atom. The first-order valence-corrected chi connectivity index (χ1v) is 10.7. The molecule has 0 aliphatic heterocycles. The van der Waals surface area contributed by atoms with E-state index in [9.17, 15) is 14.4 Å². The summed E-state index contributed by atoms with van der Waals surface area (Å²) in [7, 11) is 0. The molecule has 2 amide bonds. The standard InChI is InChI=1S/C24H20Cl2N2O5/c1-2-32-24(31)33-19-9-6-16(7-10-19)23(30)28-18-5-3-4-15(12-18)14-27-22(29)17-8-11-20(25)21(26)13-17/h3-13H,2,14H2,1H3,(H,27,29)(H,28,30). The van der Waals surface area contributed by atoms with Crippen LogP contribution in [0.1, 0.15) is 33.2 Å². The van der Waals surface area contributed by atoms with Gasteiger partial charge in [0.1, 0.15) is 5.75 Å². The highest BCUT2D eigenvalue weighted by Gasteiger charge is 2.11. The van der Waals surface area contributed by atoms with Crippen LogP contribution in [0.25, 0.3) is 0 Å². The number of carbonyl (C=O) groups is 3. The molecule has 2 N–H and O–H groups in total. The Balaban J connectivity index is 1.58. The summed E-state index contributed by atoms with van der Waals surface area (Å²) in [4.78, 5) is 36.2. The Bertz CT molecular complexity index is 1170. The molecular weight excluding hydrogens is 467 g/mol. The van der Waals surface area contributed by atoms with E-state index < -0.39 is 6.16 Å². The first-order valence-electron chi connectivity index (χ1n) is 9.94. The average molecular weight is 487 g/mol. The topological polar surface area (TPSA) is 93.7 Å². The van der Waals surface area contributed by atoms with Crippen molar-refractivity contribution < 1.29 is 23.9 Å². The maximum atomic E-state index is 12.5. The van der Waals surface area contributed by atoms with E-state index in [2.05, 4.69) is 10.6 Å². The van der Waals surface area contributed by atoms with Crippen molar-refractivity contribution in [2.24, 2.45) is 0 Å². The zero-order chi connectivity index (χ0) is 23.8. The molecule has 0 radical (unpaired) electrons. The molecule has 3 rings (SSSR count). The second-order valence-electron chi connectivity index (χ2n) is 6.78. The van der Waals surface area contributed by atoms with Gasteiger partial charge in [-0.1, -0.05) is 35.3 Å². The number of halogens is 2. The van der Waals surface area contributed by atoms with Gasteiger partial charge in [0.15, 0.2) is 0 Å². The van der Waals surface area contributed by atoms with Crippen molar-refractivity contribution in [3.63, 3.8) is 0 Å². The van der Waals surface area contributed by atoms with E-state index in [4.69, 9.17) is 32.7 Å². The Kier molecular flexibility index (Phi) is 8.29. The molecule has 9 heteroatoms. The minimum Gasteiger partial charge on any atom is -0.434 e. The van der Waals surface area contributed by atoms with Gasteiger partial charge >= 0.3 is 6.16 Å². The van der Waals surface area contributed by atoms with Crippen LogP contribution in [-0.4, -0.2) is 24.6 Å². The van der Waals surface area contributed by atoms with Crippen LogP contribution in [0.2, 0.25) is 10.0 Å². The van der Waals surface area contributed by atoms with Crippen LogP contribution in [0.15, 0.2) is 66.7 Å². The van der Waals surface area contributed by atoms with Gasteiger partial charge in [-0.05, 0) is 67.1 Å². The lowest BCUT2D eigenvalue weighted by Crippen LogP contribution is -2.22. The van der Waals surface area contributed by atoms with Crippen molar-refractivity contribution in [1.82, 2.24) is 5.32 Å². The number of carbonyl (C=O) groups excluding carboxylic acids is 3. The zero-order valence-corrected chi connectivity index (χ0v) is 19.1. The fraction of sp³-hybridized carbons (Fsp3) is 0.125. The molecule has 170 valence electrons. The number of amides is 2. The second-order valence-corrected chi connectivity index (χ2v) is 7.59. The summed E-state index contributed by atoms with van der Waals surface area (Å²) in [6.07, 6.45) is -0.808. The molecule has 3 aromatic carbocycles. The van der Waals surface area contributed by atoms with Crippen LogP contribution in [0, 0.1) is 0 Å². The van der Waals surface area contributed by atoms with Gasteiger partial charge in [0.2, 0.25) is 0 Å². The maximum absolute atomic E-state index is 12.5. The molecular formula is C24H20Cl2N2O5. The van der Waals surface area contributed by atoms with Crippen molar-refractivity contribution in [3.05, 3.63) is 93.5 Å². The van der Waals surface area contributed by atoms with Gasteiger partial charge in [-0.25, -0.2) is 4.79 Å². The summed E-state index contributed by atoms with van der Waals surface area (Å²) in [6, 6.07) is 17.8. The molecule has 0 heterocycles. The molecule has 0 atom stereocenters. The van der Waals surface area contributed by atoms with E-state index >= 15 is 0 Å². The van der Waals surface area contributed by atoms with Crippen LogP contribution < -0.4 is 15.4 Å². The first-order chi connectivity index (χ1) is 15.9. The molecule has 0 saturated heterocycles. The van der Waals surface area contributed by atoms with Crippen LogP contribution in [0.4, 0.5) is 10.5 Å². The number of ether oxygens (including phenoxy) is 2. The molecule has 0 fully saturated rings. The van der Waals surface area contributed by atoms with Gasteiger partial charge in [-0.3, -0.25) is 9.59 Å². The van der Waals surface area contributed by atoms with Crippen molar-refractivity contribution in [2.45, 2.75) is 13.5 Å². The SMILES string of the molecule is CCOC(=O)Oc1ccc(C(=O)Nc2cccc(CNC(=O)c3ccc(Cl)c(Cl)c3)c2)cc1. The van der Waals surface area contributed by atoms with E-state index in [-0.39, 0.29) is 30.7 Å². The molecule has 0 aliphatic rings. The molecule has 0 aliphatic carbocycles. The van der Waals surface area contributed by atoms with Gasteiger partial charge in [-0.2, -0.15) is 0 Å². The monoisotopic (exact) mass is 486 g/mol. The quantitative estimate of drug-likeness (QED) is 0.329. The lowest BCUT2D eigenvalue weighted by Gasteiger charge is -2.10. The Hall–Kier alpha value is -3.55. The number of hydrogen-bond donors (Lipinski definition) is 2. The smallest absolute Gasteiger partial charge is 0.434 e. The Morgan fingerprint density at radius 1 is 0.848 bits per heavy atom. The number of anilines is 1. The molecule has 0 unspecified atom stereocenters. The van der Waals surface area contributed by atoms with Gasteiger partial charge in [0, 0.05) is 23.4 Å². The lowest BCUT2D eigenvalue weighted by molar-refractivity contribution is 0.0949. The fourth-order valence-electron chi connectivity index (χ4n) is 2.80. The van der Waals surface area contributed by atoms with Gasteiger partial charge in [-0.15, -0.1) is 0 Å². The third kappa shape index (κ3) is 6.97. The Labute approximate surface area is 200 Å².